The van der Waals surface area contributed by atoms with Crippen molar-refractivity contribution in [3.8, 4) is 0 Å². The Balaban J connectivity index is 1.82. The topological polar surface area (TPSA) is 88.7 Å². The number of hydrogen-bond acceptors (Lipinski definition) is 5. The molecule has 1 heterocycles. The molecule has 0 radical (unpaired) electrons. The Morgan fingerprint density at radius 3 is 2.19 bits per heavy atom. The molecule has 1 aliphatic heterocycles. The smallest absolute Gasteiger partial charge is 0.407 e. The maximum Gasteiger partial charge on any atom is 0.407 e. The summed E-state index contributed by atoms with van der Waals surface area (Å²) in [5, 5.41) is 8.81. The minimum absolute atomic E-state index is 0.0474. The van der Waals surface area contributed by atoms with Crippen LogP contribution in [0.15, 0.2) is 0 Å². The summed E-state index contributed by atoms with van der Waals surface area (Å²) in [5.41, 5.74) is 0. The highest BCUT2D eigenvalue weighted by molar-refractivity contribution is 5.67. The quantitative estimate of drug-likeness (QED) is 0.432. The number of hydrogen-bond donors (Lipinski definition) is 3. The van der Waals surface area contributed by atoms with Gasteiger partial charge in [-0.05, 0) is 51.6 Å². The van der Waals surface area contributed by atoms with Gasteiger partial charge < -0.3 is 25.4 Å². The number of nitrogens with one attached hydrogen (secondary N) is 3. The van der Waals surface area contributed by atoms with Crippen LogP contribution in [0.25, 0.3) is 0 Å². The van der Waals surface area contributed by atoms with Gasteiger partial charge in [-0.2, -0.15) is 0 Å². The first kappa shape index (κ1) is 22.5. The van der Waals surface area contributed by atoms with Crippen LogP contribution in [0.2, 0.25) is 0 Å². The fourth-order valence-electron chi connectivity index (χ4n) is 2.84. The molecule has 1 fully saturated rings. The standard InChI is InChI=1S/C19H37N3O4/c1-2-3-4-7-12-21-18(23)25-16-9-6-5-8-13-22-19(24)26-17-10-14-20-15-11-17/h17,20H,2-16H2,1H3,(H,21,23)(H,22,24). The van der Waals surface area contributed by atoms with Crippen LogP contribution in [-0.2, 0) is 9.47 Å². The number of carbonyl (C=O) groups excluding carboxylic acids is 2. The van der Waals surface area contributed by atoms with Gasteiger partial charge in [-0.1, -0.05) is 32.6 Å². The van der Waals surface area contributed by atoms with Crippen LogP contribution < -0.4 is 16.0 Å². The number of amides is 2. The summed E-state index contributed by atoms with van der Waals surface area (Å²) in [7, 11) is 0. The molecule has 3 N–H and O–H groups in total. The molecule has 2 amide bonds. The van der Waals surface area contributed by atoms with E-state index in [1.54, 1.807) is 0 Å². The molecule has 1 rings (SSSR count). The highest BCUT2D eigenvalue weighted by atomic mass is 16.6. The van der Waals surface area contributed by atoms with E-state index in [9.17, 15) is 9.59 Å². The Labute approximate surface area is 158 Å². The summed E-state index contributed by atoms with van der Waals surface area (Å²) in [4.78, 5) is 23.1. The zero-order valence-corrected chi connectivity index (χ0v) is 16.3. The Kier molecular flexibility index (Phi) is 13.6. The number of unbranched alkanes of at least 4 members (excludes halogenated alkanes) is 6. The lowest BCUT2D eigenvalue weighted by atomic mass is 10.1. The molecule has 0 aromatic carbocycles. The lowest BCUT2D eigenvalue weighted by Crippen LogP contribution is -2.36. The van der Waals surface area contributed by atoms with Crippen molar-refractivity contribution in [2.75, 3.05) is 32.8 Å². The minimum Gasteiger partial charge on any atom is -0.450 e. The molecule has 26 heavy (non-hydrogen) atoms. The maximum atomic E-state index is 11.6. The maximum absolute atomic E-state index is 11.6. The normalized spacial score (nSPS) is 14.7. The highest BCUT2D eigenvalue weighted by Gasteiger charge is 2.16. The van der Waals surface area contributed by atoms with Gasteiger partial charge in [0, 0.05) is 13.1 Å². The molecule has 0 aliphatic carbocycles. The Morgan fingerprint density at radius 1 is 0.885 bits per heavy atom. The second-order valence-corrected chi connectivity index (χ2v) is 6.82. The summed E-state index contributed by atoms with van der Waals surface area (Å²) in [5.74, 6) is 0. The van der Waals surface area contributed by atoms with Crippen LogP contribution in [0.4, 0.5) is 9.59 Å². The van der Waals surface area contributed by atoms with E-state index >= 15 is 0 Å². The molecular formula is C19H37N3O4. The van der Waals surface area contributed by atoms with E-state index in [0.29, 0.717) is 19.7 Å². The lowest BCUT2D eigenvalue weighted by molar-refractivity contribution is 0.0793. The van der Waals surface area contributed by atoms with Crippen molar-refractivity contribution in [3.05, 3.63) is 0 Å². The van der Waals surface area contributed by atoms with Gasteiger partial charge in [0.15, 0.2) is 0 Å². The second-order valence-electron chi connectivity index (χ2n) is 6.82. The number of alkyl carbamates (subject to hydrolysis) is 2. The Hall–Kier alpha value is -1.50. The van der Waals surface area contributed by atoms with Gasteiger partial charge in [-0.25, -0.2) is 9.59 Å². The Morgan fingerprint density at radius 2 is 1.50 bits per heavy atom. The van der Waals surface area contributed by atoms with Crippen molar-refractivity contribution in [3.63, 3.8) is 0 Å². The third-order valence-corrected chi connectivity index (χ3v) is 4.43. The van der Waals surface area contributed by atoms with Crippen LogP contribution in [-0.4, -0.2) is 51.1 Å². The highest BCUT2D eigenvalue weighted by Crippen LogP contribution is 2.07. The molecular weight excluding hydrogens is 334 g/mol. The number of rotatable bonds is 13. The van der Waals surface area contributed by atoms with Gasteiger partial charge >= 0.3 is 12.2 Å². The summed E-state index contributed by atoms with van der Waals surface area (Å²) >= 11 is 0. The van der Waals surface area contributed by atoms with Crippen molar-refractivity contribution in [1.82, 2.24) is 16.0 Å². The van der Waals surface area contributed by atoms with E-state index in [-0.39, 0.29) is 18.3 Å². The predicted octanol–water partition coefficient (Wildman–Crippen LogP) is 3.33. The van der Waals surface area contributed by atoms with Crippen molar-refractivity contribution in [2.45, 2.75) is 77.2 Å². The molecule has 0 aromatic rings. The fourth-order valence-corrected chi connectivity index (χ4v) is 2.84. The average Bonchev–Trinajstić information content (AvgIpc) is 2.64. The molecule has 0 unspecified atom stereocenters. The first-order chi connectivity index (χ1) is 12.7. The third-order valence-electron chi connectivity index (χ3n) is 4.43. The average molecular weight is 372 g/mol. The van der Waals surface area contributed by atoms with Gasteiger partial charge in [0.25, 0.3) is 0 Å². The first-order valence-corrected chi connectivity index (χ1v) is 10.3. The van der Waals surface area contributed by atoms with E-state index in [4.69, 9.17) is 9.47 Å². The van der Waals surface area contributed by atoms with E-state index in [0.717, 1.165) is 64.5 Å². The van der Waals surface area contributed by atoms with Crippen molar-refractivity contribution in [1.29, 1.82) is 0 Å². The lowest BCUT2D eigenvalue weighted by Gasteiger charge is -2.22. The van der Waals surface area contributed by atoms with Gasteiger partial charge in [0.2, 0.25) is 0 Å². The molecule has 1 aliphatic rings. The van der Waals surface area contributed by atoms with Gasteiger partial charge in [-0.3, -0.25) is 0 Å². The van der Waals surface area contributed by atoms with Crippen LogP contribution in [0, 0.1) is 0 Å². The molecule has 0 aromatic heterocycles. The van der Waals surface area contributed by atoms with E-state index in [1.165, 1.54) is 12.8 Å². The summed E-state index contributed by atoms with van der Waals surface area (Å²) in [6.45, 7) is 5.76. The number of ether oxygens (including phenoxy) is 2. The van der Waals surface area contributed by atoms with Crippen molar-refractivity contribution < 1.29 is 19.1 Å². The molecule has 7 heteroatoms. The third kappa shape index (κ3) is 12.8. The summed E-state index contributed by atoms with van der Waals surface area (Å²) in [6, 6.07) is 0. The molecule has 7 nitrogen and oxygen atoms in total. The van der Waals surface area contributed by atoms with E-state index in [2.05, 4.69) is 22.9 Å². The van der Waals surface area contributed by atoms with Gasteiger partial charge in [0.05, 0.1) is 6.61 Å². The van der Waals surface area contributed by atoms with Crippen LogP contribution >= 0.6 is 0 Å². The molecule has 0 saturated carbocycles. The van der Waals surface area contributed by atoms with Crippen molar-refractivity contribution in [2.24, 2.45) is 0 Å². The predicted molar refractivity (Wildman–Crippen MR) is 102 cm³/mol. The SMILES string of the molecule is CCCCCCNC(=O)OCCCCCCNC(=O)OC1CCNCC1. The van der Waals surface area contributed by atoms with Crippen LogP contribution in [0.1, 0.15) is 71.1 Å². The number of piperidine rings is 1. The fraction of sp³-hybridized carbons (Fsp3) is 0.895. The van der Waals surface area contributed by atoms with Gasteiger partial charge in [0.1, 0.15) is 6.10 Å². The summed E-state index contributed by atoms with van der Waals surface area (Å²) < 4.78 is 10.5. The zero-order chi connectivity index (χ0) is 18.9. The van der Waals surface area contributed by atoms with Crippen LogP contribution in [0.5, 0.6) is 0 Å². The molecule has 0 bridgehead atoms. The molecule has 152 valence electrons. The van der Waals surface area contributed by atoms with E-state index < -0.39 is 0 Å². The zero-order valence-electron chi connectivity index (χ0n) is 16.3. The van der Waals surface area contributed by atoms with Gasteiger partial charge in [-0.15, -0.1) is 0 Å². The molecule has 0 spiro atoms. The monoisotopic (exact) mass is 371 g/mol. The number of carbonyl (C=O) groups is 2. The first-order valence-electron chi connectivity index (χ1n) is 10.3. The molecule has 0 atom stereocenters. The van der Waals surface area contributed by atoms with E-state index in [1.807, 2.05) is 0 Å². The minimum atomic E-state index is -0.316. The largest absolute Gasteiger partial charge is 0.450 e. The Bertz CT molecular complexity index is 374. The van der Waals surface area contributed by atoms with Crippen LogP contribution in [0.3, 0.4) is 0 Å². The molecule has 1 saturated heterocycles. The summed E-state index contributed by atoms with van der Waals surface area (Å²) in [6.07, 6.45) is 9.50. The van der Waals surface area contributed by atoms with Crippen molar-refractivity contribution >= 4 is 12.2 Å². The second kappa shape index (κ2) is 15.7.